The standard InChI is InChI=1S/C15H17N3O6/c1-9-12(14(19)24-8-7-23-2)13(17-15(20)16-9)10-3-5-11(6-4-10)18(21)22/h3-6,12-13H,1,7-8H2,2H3,(H2,16,17,20)/t12-,13+/m0/s1. The van der Waals surface area contributed by atoms with Crippen LogP contribution in [0.1, 0.15) is 11.6 Å². The smallest absolute Gasteiger partial charge is 0.319 e. The van der Waals surface area contributed by atoms with E-state index in [1.165, 1.54) is 31.4 Å². The van der Waals surface area contributed by atoms with Crippen LogP contribution in [0.3, 0.4) is 0 Å². The molecule has 0 unspecified atom stereocenters. The monoisotopic (exact) mass is 335 g/mol. The second-order valence-electron chi connectivity index (χ2n) is 5.09. The van der Waals surface area contributed by atoms with Gasteiger partial charge in [0.2, 0.25) is 0 Å². The van der Waals surface area contributed by atoms with E-state index < -0.39 is 28.9 Å². The zero-order chi connectivity index (χ0) is 17.7. The molecule has 1 fully saturated rings. The number of amides is 2. The maximum absolute atomic E-state index is 12.3. The predicted molar refractivity (Wildman–Crippen MR) is 83.0 cm³/mol. The zero-order valence-corrected chi connectivity index (χ0v) is 13.0. The van der Waals surface area contributed by atoms with Gasteiger partial charge in [0, 0.05) is 24.9 Å². The molecule has 1 aliphatic heterocycles. The van der Waals surface area contributed by atoms with Gasteiger partial charge in [-0.25, -0.2) is 4.79 Å². The first-order valence-electron chi connectivity index (χ1n) is 7.10. The Bertz CT molecular complexity index is 658. The van der Waals surface area contributed by atoms with Gasteiger partial charge in [0.25, 0.3) is 5.69 Å². The summed E-state index contributed by atoms with van der Waals surface area (Å²) in [5, 5.41) is 15.8. The molecule has 9 heteroatoms. The highest BCUT2D eigenvalue weighted by molar-refractivity contribution is 5.85. The van der Waals surface area contributed by atoms with Gasteiger partial charge >= 0.3 is 12.0 Å². The first-order chi connectivity index (χ1) is 11.4. The average molecular weight is 335 g/mol. The Labute approximate surface area is 137 Å². The van der Waals surface area contributed by atoms with E-state index >= 15 is 0 Å². The number of non-ortho nitro benzene ring substituents is 1. The van der Waals surface area contributed by atoms with Crippen molar-refractivity contribution >= 4 is 17.7 Å². The molecule has 128 valence electrons. The summed E-state index contributed by atoms with van der Waals surface area (Å²) in [6.07, 6.45) is 0. The number of hydrogen-bond donors (Lipinski definition) is 2. The topological polar surface area (TPSA) is 120 Å². The van der Waals surface area contributed by atoms with Gasteiger partial charge in [-0.05, 0) is 5.56 Å². The van der Waals surface area contributed by atoms with Gasteiger partial charge < -0.3 is 20.1 Å². The third kappa shape index (κ3) is 3.87. The molecule has 0 saturated carbocycles. The molecular formula is C15H17N3O6. The lowest BCUT2D eigenvalue weighted by molar-refractivity contribution is -0.384. The van der Waals surface area contributed by atoms with Crippen molar-refractivity contribution in [1.29, 1.82) is 0 Å². The summed E-state index contributed by atoms with van der Waals surface area (Å²) in [6, 6.07) is 4.33. The molecule has 1 saturated heterocycles. The summed E-state index contributed by atoms with van der Waals surface area (Å²) in [6.45, 7) is 4.02. The van der Waals surface area contributed by atoms with Gasteiger partial charge in [0.15, 0.2) is 0 Å². The summed E-state index contributed by atoms with van der Waals surface area (Å²) in [7, 11) is 1.48. The molecule has 9 nitrogen and oxygen atoms in total. The number of nitro benzene ring substituents is 1. The van der Waals surface area contributed by atoms with E-state index in [9.17, 15) is 19.7 Å². The number of nitro groups is 1. The van der Waals surface area contributed by atoms with Crippen LogP contribution < -0.4 is 10.6 Å². The highest BCUT2D eigenvalue weighted by atomic mass is 16.6. The molecule has 0 aromatic heterocycles. The Morgan fingerprint density at radius 3 is 2.58 bits per heavy atom. The molecule has 1 aromatic rings. The highest BCUT2D eigenvalue weighted by Gasteiger charge is 2.39. The first-order valence-corrected chi connectivity index (χ1v) is 7.10. The summed E-state index contributed by atoms with van der Waals surface area (Å²) in [4.78, 5) is 34.2. The molecule has 2 amide bonds. The number of benzene rings is 1. The minimum absolute atomic E-state index is 0.0695. The normalized spacial score (nSPS) is 20.0. The van der Waals surface area contributed by atoms with Crippen LogP contribution in [0, 0.1) is 16.0 Å². The molecular weight excluding hydrogens is 318 g/mol. The van der Waals surface area contributed by atoms with E-state index in [-0.39, 0.29) is 24.6 Å². The maximum Gasteiger partial charge on any atom is 0.319 e. The Balaban J connectivity index is 2.24. The number of esters is 1. The van der Waals surface area contributed by atoms with Gasteiger partial charge in [-0.2, -0.15) is 0 Å². The minimum Gasteiger partial charge on any atom is -0.463 e. The van der Waals surface area contributed by atoms with Crippen LogP contribution in [0.2, 0.25) is 0 Å². The molecule has 2 atom stereocenters. The minimum atomic E-state index is -0.860. The lowest BCUT2D eigenvalue weighted by Gasteiger charge is -2.33. The van der Waals surface area contributed by atoms with E-state index in [1.54, 1.807) is 0 Å². The zero-order valence-electron chi connectivity index (χ0n) is 13.0. The van der Waals surface area contributed by atoms with E-state index in [0.29, 0.717) is 5.56 Å². The van der Waals surface area contributed by atoms with Crippen LogP contribution in [0.4, 0.5) is 10.5 Å². The van der Waals surface area contributed by atoms with Crippen LogP contribution in [0.15, 0.2) is 36.5 Å². The van der Waals surface area contributed by atoms with Crippen molar-refractivity contribution in [2.24, 2.45) is 5.92 Å². The number of urea groups is 1. The lowest BCUT2D eigenvalue weighted by Crippen LogP contribution is -2.51. The third-order valence-electron chi connectivity index (χ3n) is 3.52. The Morgan fingerprint density at radius 1 is 1.33 bits per heavy atom. The van der Waals surface area contributed by atoms with Crippen LogP contribution in [0.5, 0.6) is 0 Å². The number of ether oxygens (including phenoxy) is 2. The van der Waals surface area contributed by atoms with Crippen molar-refractivity contribution in [3.63, 3.8) is 0 Å². The fraction of sp³-hybridized carbons (Fsp3) is 0.333. The molecule has 0 bridgehead atoms. The number of carbonyl (C=O) groups is 2. The van der Waals surface area contributed by atoms with Gasteiger partial charge in [-0.15, -0.1) is 0 Å². The fourth-order valence-electron chi connectivity index (χ4n) is 2.36. The molecule has 1 aromatic carbocycles. The second-order valence-corrected chi connectivity index (χ2v) is 5.09. The Hall–Kier alpha value is -2.94. The van der Waals surface area contributed by atoms with Crippen molar-refractivity contribution in [1.82, 2.24) is 10.6 Å². The molecule has 1 aliphatic rings. The van der Waals surface area contributed by atoms with Crippen LogP contribution in [-0.2, 0) is 14.3 Å². The molecule has 1 heterocycles. The lowest BCUT2D eigenvalue weighted by atomic mass is 9.89. The SMILES string of the molecule is C=C1NC(=O)N[C@H](c2ccc([N+](=O)[O-])cc2)[C@H]1C(=O)OCCOC. The largest absolute Gasteiger partial charge is 0.463 e. The number of nitrogens with zero attached hydrogens (tertiary/aromatic N) is 1. The second kappa shape index (κ2) is 7.55. The fourth-order valence-corrected chi connectivity index (χ4v) is 2.36. The number of hydrogen-bond acceptors (Lipinski definition) is 6. The molecule has 0 radical (unpaired) electrons. The van der Waals surface area contributed by atoms with E-state index in [4.69, 9.17) is 9.47 Å². The van der Waals surface area contributed by atoms with E-state index in [1.807, 2.05) is 0 Å². The van der Waals surface area contributed by atoms with Crippen LogP contribution in [-0.4, -0.2) is 37.2 Å². The number of nitrogens with one attached hydrogen (secondary N) is 2. The van der Waals surface area contributed by atoms with E-state index in [0.717, 1.165) is 0 Å². The average Bonchev–Trinajstić information content (AvgIpc) is 2.54. The number of carbonyl (C=O) groups excluding carboxylic acids is 2. The van der Waals surface area contributed by atoms with Gasteiger partial charge in [0.1, 0.15) is 12.5 Å². The number of rotatable bonds is 6. The molecule has 0 spiro atoms. The summed E-state index contributed by atoms with van der Waals surface area (Å²) >= 11 is 0. The molecule has 2 N–H and O–H groups in total. The van der Waals surface area contributed by atoms with Crippen molar-refractivity contribution in [3.05, 3.63) is 52.2 Å². The number of methoxy groups -OCH3 is 1. The first kappa shape index (κ1) is 17.4. The van der Waals surface area contributed by atoms with Crippen molar-refractivity contribution in [2.45, 2.75) is 6.04 Å². The third-order valence-corrected chi connectivity index (χ3v) is 3.52. The molecule has 0 aliphatic carbocycles. The quantitative estimate of drug-likeness (QED) is 0.350. The van der Waals surface area contributed by atoms with Crippen molar-refractivity contribution < 1.29 is 24.0 Å². The maximum atomic E-state index is 12.3. The van der Waals surface area contributed by atoms with Crippen molar-refractivity contribution in [3.8, 4) is 0 Å². The Kier molecular flexibility index (Phi) is 5.48. The van der Waals surface area contributed by atoms with Gasteiger partial charge in [0.05, 0.1) is 17.6 Å². The Morgan fingerprint density at radius 2 is 2.00 bits per heavy atom. The predicted octanol–water partition coefficient (Wildman–Crippen LogP) is 1.27. The van der Waals surface area contributed by atoms with Crippen LogP contribution in [0.25, 0.3) is 0 Å². The summed E-state index contributed by atoms with van der Waals surface area (Å²) in [5.74, 6) is -1.44. The highest BCUT2D eigenvalue weighted by Crippen LogP contribution is 2.31. The molecule has 24 heavy (non-hydrogen) atoms. The van der Waals surface area contributed by atoms with Crippen LogP contribution >= 0.6 is 0 Å². The van der Waals surface area contributed by atoms with Gasteiger partial charge in [-0.3, -0.25) is 14.9 Å². The van der Waals surface area contributed by atoms with E-state index in [2.05, 4.69) is 17.2 Å². The van der Waals surface area contributed by atoms with Crippen molar-refractivity contribution in [2.75, 3.05) is 20.3 Å². The summed E-state index contributed by atoms with van der Waals surface area (Å²) in [5.41, 5.74) is 0.645. The van der Waals surface area contributed by atoms with Gasteiger partial charge in [-0.1, -0.05) is 18.7 Å². The summed E-state index contributed by atoms with van der Waals surface area (Å²) < 4.78 is 9.94. The molecule has 2 rings (SSSR count).